The minimum absolute atomic E-state index is 0.0503. The van der Waals surface area contributed by atoms with Gasteiger partial charge in [-0.05, 0) is 17.5 Å². The van der Waals surface area contributed by atoms with Crippen molar-refractivity contribution in [2.24, 2.45) is 0 Å². The molecule has 0 radical (unpaired) electrons. The number of benzene rings is 1. The summed E-state index contributed by atoms with van der Waals surface area (Å²) in [7, 11) is 0. The Bertz CT molecular complexity index is 1440. The molecule has 3 heterocycles. The first kappa shape index (κ1) is 26.6. The van der Waals surface area contributed by atoms with Crippen molar-refractivity contribution >= 4 is 11.8 Å². The zero-order valence-electron chi connectivity index (χ0n) is 20.8. The summed E-state index contributed by atoms with van der Waals surface area (Å²) in [6.45, 7) is 0.538. The predicted molar refractivity (Wildman–Crippen MR) is 128 cm³/mol. The van der Waals surface area contributed by atoms with E-state index in [2.05, 4.69) is 15.4 Å². The minimum atomic E-state index is -2.82. The number of hydrogen-bond acceptors (Lipinski definition) is 6. The molecule has 2 fully saturated rings. The van der Waals surface area contributed by atoms with Crippen molar-refractivity contribution < 1.29 is 31.6 Å². The number of carbonyl (C=O) groups is 2. The van der Waals surface area contributed by atoms with Crippen LogP contribution in [0.15, 0.2) is 51.7 Å². The first-order valence-electron chi connectivity index (χ1n) is 12.4. The van der Waals surface area contributed by atoms with E-state index in [1.807, 2.05) is 0 Å². The van der Waals surface area contributed by atoms with E-state index in [1.54, 1.807) is 30.3 Å². The monoisotopic (exact) mass is 547 g/mol. The van der Waals surface area contributed by atoms with Crippen LogP contribution in [0.5, 0.6) is 0 Å². The molecule has 2 aromatic heterocycles. The molecular weight excluding hydrogens is 522 g/mol. The molecule has 1 aromatic carbocycles. The standard InChI is InChI=1S/C26H25F4N5O4/c1-14-33-35(25(38)39-14)13-21(36)34-12-17(27)9-20(34)24(37)32-22(15-5-3-2-4-6-15)19-8-7-18(23(28)31-19)16-10-26(29,30)11-16/h2-8,16-17,20,22H,9-13H2,1H3,(H,32,37)/t17-,20+,22+/m1/s1. The van der Waals surface area contributed by atoms with Gasteiger partial charge in [0, 0.05) is 31.7 Å². The van der Waals surface area contributed by atoms with E-state index in [0.717, 1.165) is 9.58 Å². The summed E-state index contributed by atoms with van der Waals surface area (Å²) >= 11 is 0. The van der Waals surface area contributed by atoms with Crippen molar-refractivity contribution in [2.45, 2.75) is 62.8 Å². The van der Waals surface area contributed by atoms with Crippen LogP contribution in [-0.4, -0.2) is 56.2 Å². The zero-order valence-corrected chi connectivity index (χ0v) is 20.8. The van der Waals surface area contributed by atoms with Crippen LogP contribution in [0.3, 0.4) is 0 Å². The molecule has 2 aliphatic rings. The van der Waals surface area contributed by atoms with Gasteiger partial charge in [0.25, 0.3) is 0 Å². The van der Waals surface area contributed by atoms with Crippen molar-refractivity contribution in [1.82, 2.24) is 25.0 Å². The number of nitrogens with one attached hydrogen (secondary N) is 1. The van der Waals surface area contributed by atoms with E-state index in [-0.39, 0.29) is 30.1 Å². The van der Waals surface area contributed by atoms with E-state index < -0.39 is 73.0 Å². The molecule has 13 heteroatoms. The molecule has 0 spiro atoms. The van der Waals surface area contributed by atoms with Gasteiger partial charge in [-0.2, -0.15) is 9.07 Å². The van der Waals surface area contributed by atoms with Crippen LogP contribution < -0.4 is 11.1 Å². The van der Waals surface area contributed by atoms with Gasteiger partial charge in [0.2, 0.25) is 29.6 Å². The molecule has 206 valence electrons. The molecule has 1 saturated carbocycles. The average molecular weight is 548 g/mol. The summed E-state index contributed by atoms with van der Waals surface area (Å²) in [5, 5.41) is 6.54. The lowest BCUT2D eigenvalue weighted by atomic mass is 9.77. The van der Waals surface area contributed by atoms with E-state index in [9.17, 15) is 31.9 Å². The lowest BCUT2D eigenvalue weighted by molar-refractivity contribution is -0.139. The Morgan fingerprint density at radius 3 is 2.51 bits per heavy atom. The van der Waals surface area contributed by atoms with Crippen molar-refractivity contribution in [2.75, 3.05) is 6.54 Å². The van der Waals surface area contributed by atoms with Crippen LogP contribution in [0, 0.1) is 12.9 Å². The van der Waals surface area contributed by atoms with Gasteiger partial charge in [0.1, 0.15) is 18.8 Å². The highest BCUT2D eigenvalue weighted by Gasteiger charge is 2.47. The van der Waals surface area contributed by atoms with Crippen molar-refractivity contribution in [3.63, 3.8) is 0 Å². The summed E-state index contributed by atoms with van der Waals surface area (Å²) < 4.78 is 61.6. The smallest absolute Gasteiger partial charge is 0.393 e. The molecule has 39 heavy (non-hydrogen) atoms. The fraction of sp³-hybridized carbons (Fsp3) is 0.423. The average Bonchev–Trinajstić information content (AvgIpc) is 3.42. The van der Waals surface area contributed by atoms with Crippen LogP contribution in [0.4, 0.5) is 17.6 Å². The van der Waals surface area contributed by atoms with Crippen molar-refractivity contribution in [1.29, 1.82) is 0 Å². The normalized spacial score (nSPS) is 21.4. The van der Waals surface area contributed by atoms with Crippen molar-refractivity contribution in [3.8, 4) is 0 Å². The molecule has 0 unspecified atom stereocenters. The topological polar surface area (TPSA) is 110 Å². The first-order valence-corrected chi connectivity index (χ1v) is 12.4. The largest absolute Gasteiger partial charge is 0.437 e. The highest BCUT2D eigenvalue weighted by Crippen LogP contribution is 2.48. The van der Waals surface area contributed by atoms with Gasteiger partial charge in [-0.15, -0.1) is 5.10 Å². The second-order valence-corrected chi connectivity index (χ2v) is 9.87. The molecular formula is C26H25F4N5O4. The Labute approximate surface area is 219 Å². The van der Waals surface area contributed by atoms with Gasteiger partial charge in [0.05, 0.1) is 18.3 Å². The number of carbonyl (C=O) groups excluding carboxylic acids is 2. The SMILES string of the molecule is Cc1nn(CC(=O)N2C[C@H](F)C[C@H]2C(=O)N[C@@H](c2ccccc2)c2ccc(C3CC(F)(F)C3)c(F)n2)c(=O)o1. The van der Waals surface area contributed by atoms with Crippen LogP contribution in [0.2, 0.25) is 0 Å². The third kappa shape index (κ3) is 5.57. The van der Waals surface area contributed by atoms with Gasteiger partial charge in [-0.25, -0.2) is 22.9 Å². The molecule has 3 aromatic rings. The Morgan fingerprint density at radius 1 is 1.18 bits per heavy atom. The van der Waals surface area contributed by atoms with E-state index in [4.69, 9.17) is 4.42 Å². The Hall–Kier alpha value is -4.03. The second-order valence-electron chi connectivity index (χ2n) is 9.87. The Kier molecular flexibility index (Phi) is 7.00. The number of aromatic nitrogens is 3. The van der Waals surface area contributed by atoms with Crippen LogP contribution in [-0.2, 0) is 16.1 Å². The molecule has 5 rings (SSSR count). The third-order valence-electron chi connectivity index (χ3n) is 7.01. The summed E-state index contributed by atoms with van der Waals surface area (Å²) in [5.41, 5.74) is 0.728. The maximum absolute atomic E-state index is 14.9. The number of alkyl halides is 3. The lowest BCUT2D eigenvalue weighted by Gasteiger charge is -2.35. The quantitative estimate of drug-likeness (QED) is 0.360. The number of hydrogen-bond donors (Lipinski definition) is 1. The molecule has 1 N–H and O–H groups in total. The molecule has 3 atom stereocenters. The highest BCUT2D eigenvalue weighted by atomic mass is 19.3. The van der Waals surface area contributed by atoms with Gasteiger partial charge in [-0.1, -0.05) is 36.4 Å². The maximum Gasteiger partial charge on any atom is 0.437 e. The van der Waals surface area contributed by atoms with Gasteiger partial charge in [-0.3, -0.25) is 9.59 Å². The molecule has 9 nitrogen and oxygen atoms in total. The van der Waals surface area contributed by atoms with E-state index >= 15 is 0 Å². The van der Waals surface area contributed by atoms with Gasteiger partial charge < -0.3 is 14.6 Å². The molecule has 0 bridgehead atoms. The predicted octanol–water partition coefficient (Wildman–Crippen LogP) is 3.04. The fourth-order valence-electron chi connectivity index (χ4n) is 5.06. The molecule has 1 aliphatic heterocycles. The summed E-state index contributed by atoms with van der Waals surface area (Å²) in [5.74, 6) is -6.59. The molecule has 2 amide bonds. The molecule has 1 aliphatic carbocycles. The molecule has 1 saturated heterocycles. The third-order valence-corrected chi connectivity index (χ3v) is 7.01. The lowest BCUT2D eigenvalue weighted by Crippen LogP contribution is -2.48. The van der Waals surface area contributed by atoms with E-state index in [1.165, 1.54) is 19.1 Å². The van der Waals surface area contributed by atoms with Gasteiger partial charge in [0.15, 0.2) is 0 Å². The van der Waals surface area contributed by atoms with Crippen LogP contribution >= 0.6 is 0 Å². The number of likely N-dealkylation sites (tertiary alicyclic amines) is 1. The minimum Gasteiger partial charge on any atom is -0.393 e. The maximum atomic E-state index is 14.9. The number of pyridine rings is 1. The number of rotatable bonds is 7. The van der Waals surface area contributed by atoms with Crippen LogP contribution in [0.1, 0.15) is 53.9 Å². The van der Waals surface area contributed by atoms with Crippen LogP contribution in [0.25, 0.3) is 0 Å². The summed E-state index contributed by atoms with van der Waals surface area (Å²) in [4.78, 5) is 43.1. The summed E-state index contributed by atoms with van der Waals surface area (Å²) in [6, 6.07) is 9.19. The number of nitrogens with zero attached hydrogens (tertiary/aromatic N) is 4. The Balaban J connectivity index is 1.37. The van der Waals surface area contributed by atoms with Gasteiger partial charge >= 0.3 is 5.76 Å². The zero-order chi connectivity index (χ0) is 27.9. The highest BCUT2D eigenvalue weighted by molar-refractivity contribution is 5.88. The Morgan fingerprint density at radius 2 is 1.90 bits per heavy atom. The first-order chi connectivity index (χ1) is 18.5. The second kappa shape index (κ2) is 10.3. The number of halogens is 4. The summed E-state index contributed by atoms with van der Waals surface area (Å²) in [6.07, 6.45) is -2.67. The van der Waals surface area contributed by atoms with E-state index in [0.29, 0.717) is 5.56 Å². The fourth-order valence-corrected chi connectivity index (χ4v) is 5.06. The number of amides is 2. The number of aryl methyl sites for hydroxylation is 1. The van der Waals surface area contributed by atoms with Crippen molar-refractivity contribution in [3.05, 3.63) is 81.7 Å².